The molecule has 0 aliphatic carbocycles. The molecule has 0 spiro atoms. The third-order valence-electron chi connectivity index (χ3n) is 2.50. The van der Waals surface area contributed by atoms with E-state index in [1.54, 1.807) is 0 Å². The topological polar surface area (TPSA) is 0 Å². The van der Waals surface area contributed by atoms with Gasteiger partial charge in [0, 0.05) is 0 Å². The minimum atomic E-state index is 0.148. The average molecular weight is 307 g/mol. The Morgan fingerprint density at radius 1 is 0.875 bits per heavy atom. The lowest BCUT2D eigenvalue weighted by molar-refractivity contribution is 0.376. The molecule has 0 amide bonds. The van der Waals surface area contributed by atoms with Gasteiger partial charge >= 0.3 is 0 Å². The van der Waals surface area contributed by atoms with Crippen LogP contribution in [-0.2, 0) is 4.08 Å². The quantitative estimate of drug-likeness (QED) is 0.563. The maximum absolute atomic E-state index is 2.33. The zero-order valence-corrected chi connectivity index (χ0v) is 13.5. The summed E-state index contributed by atoms with van der Waals surface area (Å²) in [6.07, 6.45) is 0. The Bertz CT molecular complexity index is 337. The molecule has 88 valence electrons. The predicted octanol–water partition coefficient (Wildman–Crippen LogP) is 6.23. The zero-order valence-electron chi connectivity index (χ0n) is 9.43. The first-order valence-corrected chi connectivity index (χ1v) is 11.1. The molecule has 1 aromatic carbocycles. The van der Waals surface area contributed by atoms with Crippen molar-refractivity contribution < 1.29 is 0 Å². The van der Waals surface area contributed by atoms with Gasteiger partial charge in [-0.25, -0.2) is 0 Å². The van der Waals surface area contributed by atoms with E-state index >= 15 is 0 Å². The highest BCUT2D eigenvalue weighted by Crippen LogP contribution is 2.74. The second-order valence-electron chi connectivity index (χ2n) is 4.60. The fourth-order valence-electron chi connectivity index (χ4n) is 1.59. The summed E-state index contributed by atoms with van der Waals surface area (Å²) < 4.78 is 0.148. The van der Waals surface area contributed by atoms with Gasteiger partial charge in [-0.2, -0.15) is 0 Å². The Morgan fingerprint density at radius 3 is 1.94 bits per heavy atom. The molecule has 0 atom stereocenters. The van der Waals surface area contributed by atoms with E-state index in [-0.39, 0.29) is 9.49 Å². The highest BCUT2D eigenvalue weighted by molar-refractivity contribution is 9.38. The van der Waals surface area contributed by atoms with Crippen LogP contribution in [0.5, 0.6) is 0 Å². The number of rotatable bonds is 1. The molecule has 1 aromatic rings. The Kier molecular flexibility index (Phi) is 4.45. The van der Waals surface area contributed by atoms with Crippen molar-refractivity contribution in [2.24, 2.45) is 5.41 Å². The van der Waals surface area contributed by atoms with Crippen molar-refractivity contribution in [3.63, 3.8) is 0 Å². The molecule has 5 heteroatoms. The zero-order chi connectivity index (χ0) is 11.6. The van der Waals surface area contributed by atoms with E-state index in [1.165, 1.54) is 5.56 Å². The molecule has 16 heavy (non-hydrogen) atoms. The lowest BCUT2D eigenvalue weighted by Gasteiger charge is -2.44. The van der Waals surface area contributed by atoms with Crippen molar-refractivity contribution in [3.8, 4) is 0 Å². The fraction of sp³-hybridized carbons (Fsp3) is 0.455. The van der Waals surface area contributed by atoms with Gasteiger partial charge in [-0.1, -0.05) is 72.7 Å². The molecule has 0 radical (unpaired) electrons. The van der Waals surface area contributed by atoms with Gasteiger partial charge in [0.25, 0.3) is 0 Å². The summed E-state index contributed by atoms with van der Waals surface area (Å²) in [4.78, 5) is 0. The molecule has 1 saturated heterocycles. The molecule has 0 bridgehead atoms. The summed E-state index contributed by atoms with van der Waals surface area (Å²) in [5.41, 5.74) is 1.67. The van der Waals surface area contributed by atoms with Gasteiger partial charge < -0.3 is 0 Å². The molecule has 1 aliphatic rings. The Morgan fingerprint density at radius 2 is 1.44 bits per heavy atom. The maximum Gasteiger partial charge on any atom is 0.113 e. The van der Waals surface area contributed by atoms with E-state index in [0.717, 1.165) is 0 Å². The molecule has 0 aromatic heterocycles. The SMILES string of the molecule is CC(C)(C)C1(c2ccccc2)SSSSS1. The molecular weight excluding hydrogens is 292 g/mol. The molecule has 1 aliphatic heterocycles. The molecule has 1 heterocycles. The van der Waals surface area contributed by atoms with Crippen LogP contribution >= 0.6 is 51.1 Å². The van der Waals surface area contributed by atoms with E-state index in [0.29, 0.717) is 0 Å². The standard InChI is InChI=1S/C11H14S5/c1-10(2,3)11(12-14-16-15-13-11)9-7-5-4-6-8-9/h4-8H,1-3H3. The lowest BCUT2D eigenvalue weighted by Crippen LogP contribution is -2.33. The maximum atomic E-state index is 2.33. The highest BCUT2D eigenvalue weighted by atomic mass is 33.8. The van der Waals surface area contributed by atoms with Gasteiger partial charge in [0.15, 0.2) is 0 Å². The van der Waals surface area contributed by atoms with Crippen LogP contribution in [0.3, 0.4) is 0 Å². The Balaban J connectivity index is 2.42. The minimum Gasteiger partial charge on any atom is -0.0622 e. The predicted molar refractivity (Wildman–Crippen MR) is 85.5 cm³/mol. The Labute approximate surface area is 116 Å². The van der Waals surface area contributed by atoms with Crippen LogP contribution in [0.4, 0.5) is 0 Å². The summed E-state index contributed by atoms with van der Waals surface area (Å²) >= 11 is 0. The third-order valence-corrected chi connectivity index (χ3v) is 13.5. The van der Waals surface area contributed by atoms with E-state index < -0.39 is 0 Å². The van der Waals surface area contributed by atoms with Gasteiger partial charge in [0.2, 0.25) is 0 Å². The Hall–Kier alpha value is 0.970. The molecule has 1 fully saturated rings. The molecule has 2 rings (SSSR count). The largest absolute Gasteiger partial charge is 0.113 e. The molecule has 0 unspecified atom stereocenters. The first kappa shape index (κ1) is 13.4. The van der Waals surface area contributed by atoms with E-state index in [9.17, 15) is 0 Å². The van der Waals surface area contributed by atoms with Gasteiger partial charge in [0.05, 0.1) is 0 Å². The van der Waals surface area contributed by atoms with Crippen LogP contribution in [0, 0.1) is 5.41 Å². The van der Waals surface area contributed by atoms with Crippen LogP contribution in [0.25, 0.3) is 0 Å². The first-order chi connectivity index (χ1) is 7.56. The summed E-state index contributed by atoms with van der Waals surface area (Å²) in [5.74, 6) is 0. The summed E-state index contributed by atoms with van der Waals surface area (Å²) in [6.45, 7) is 6.99. The fourth-order valence-corrected chi connectivity index (χ4v) is 14.7. The van der Waals surface area contributed by atoms with Gasteiger partial charge in [0.1, 0.15) is 4.08 Å². The van der Waals surface area contributed by atoms with Gasteiger partial charge in [-0.3, -0.25) is 0 Å². The first-order valence-electron chi connectivity index (χ1n) is 4.99. The van der Waals surface area contributed by atoms with Crippen LogP contribution in [0.15, 0.2) is 30.3 Å². The number of hydrogen-bond acceptors (Lipinski definition) is 5. The molecule has 0 N–H and O–H groups in total. The smallest absolute Gasteiger partial charge is 0.0622 e. The van der Waals surface area contributed by atoms with Crippen LogP contribution in [0.1, 0.15) is 26.3 Å². The molecular formula is C11H14S5. The number of hydrogen-bond donors (Lipinski definition) is 0. The molecule has 0 saturated carbocycles. The van der Waals surface area contributed by atoms with Crippen molar-refractivity contribution >= 4 is 51.1 Å². The second-order valence-corrected chi connectivity index (χ2v) is 12.7. The number of benzene rings is 1. The van der Waals surface area contributed by atoms with Crippen LogP contribution < -0.4 is 0 Å². The van der Waals surface area contributed by atoms with E-state index in [2.05, 4.69) is 51.1 Å². The highest BCUT2D eigenvalue weighted by Gasteiger charge is 2.47. The second kappa shape index (κ2) is 5.31. The van der Waals surface area contributed by atoms with Crippen molar-refractivity contribution in [3.05, 3.63) is 35.9 Å². The van der Waals surface area contributed by atoms with Crippen LogP contribution in [0.2, 0.25) is 0 Å². The summed E-state index contributed by atoms with van der Waals surface area (Å²) in [6, 6.07) is 10.9. The van der Waals surface area contributed by atoms with E-state index in [4.69, 9.17) is 0 Å². The van der Waals surface area contributed by atoms with Crippen LogP contribution in [-0.4, -0.2) is 0 Å². The minimum absolute atomic E-state index is 0.148. The monoisotopic (exact) mass is 306 g/mol. The van der Waals surface area contributed by atoms with E-state index in [1.807, 2.05) is 51.1 Å². The molecule has 0 nitrogen and oxygen atoms in total. The summed E-state index contributed by atoms with van der Waals surface area (Å²) in [7, 11) is 9.65. The third kappa shape index (κ3) is 2.53. The van der Waals surface area contributed by atoms with Crippen molar-refractivity contribution in [2.75, 3.05) is 0 Å². The average Bonchev–Trinajstić information content (AvgIpc) is 2.30. The normalized spacial score (nSPS) is 20.7. The van der Waals surface area contributed by atoms with Crippen molar-refractivity contribution in [1.29, 1.82) is 0 Å². The van der Waals surface area contributed by atoms with Crippen molar-refractivity contribution in [2.45, 2.75) is 24.9 Å². The van der Waals surface area contributed by atoms with Gasteiger partial charge in [-0.05, 0) is 40.5 Å². The van der Waals surface area contributed by atoms with Gasteiger partial charge in [-0.15, -0.1) is 0 Å². The van der Waals surface area contributed by atoms with Crippen molar-refractivity contribution in [1.82, 2.24) is 0 Å². The lowest BCUT2D eigenvalue weighted by atomic mass is 9.86. The summed E-state index contributed by atoms with van der Waals surface area (Å²) in [5, 5.41) is 0.